The van der Waals surface area contributed by atoms with Gasteiger partial charge in [0.15, 0.2) is 0 Å². The molecule has 158 valence electrons. The molecule has 1 aromatic carbocycles. The van der Waals surface area contributed by atoms with Gasteiger partial charge in [0.25, 0.3) is 0 Å². The summed E-state index contributed by atoms with van der Waals surface area (Å²) in [6.45, 7) is 7.07. The van der Waals surface area contributed by atoms with E-state index in [0.29, 0.717) is 23.0 Å². The fraction of sp³-hybridized carbons (Fsp3) is 0.630. The van der Waals surface area contributed by atoms with Gasteiger partial charge >= 0.3 is 0 Å². The Balaban J connectivity index is 1.35. The zero-order chi connectivity index (χ0) is 20.7. The number of benzene rings is 1. The average Bonchev–Trinajstić information content (AvgIpc) is 3.29. The highest BCUT2D eigenvalue weighted by Crippen LogP contribution is 2.67. The van der Waals surface area contributed by atoms with Crippen molar-refractivity contribution in [1.82, 2.24) is 4.98 Å². The minimum atomic E-state index is -0.00693. The number of carbonyl (C=O) groups excluding carboxylic acids is 1. The van der Waals surface area contributed by atoms with E-state index in [1.807, 2.05) is 11.3 Å². The van der Waals surface area contributed by atoms with Crippen molar-refractivity contribution < 1.29 is 4.79 Å². The molecule has 0 bridgehead atoms. The number of nitrogens with zero attached hydrogens (tertiary/aromatic N) is 1. The van der Waals surface area contributed by atoms with Crippen LogP contribution in [0.25, 0.3) is 10.6 Å². The third-order valence-corrected chi connectivity index (χ3v) is 11.0. The Hall–Kier alpha value is -1.48. The molecular weight excluding hydrogens is 386 g/mol. The first-order valence-corrected chi connectivity index (χ1v) is 12.8. The van der Waals surface area contributed by atoms with E-state index in [1.165, 1.54) is 47.5 Å². The fourth-order valence-corrected chi connectivity index (χ4v) is 9.53. The first-order valence-electron chi connectivity index (χ1n) is 12.0. The fourth-order valence-electron chi connectivity index (χ4n) is 8.12. The van der Waals surface area contributed by atoms with Crippen molar-refractivity contribution in [3.63, 3.8) is 0 Å². The lowest BCUT2D eigenvalue weighted by Gasteiger charge is -2.59. The zero-order valence-corrected chi connectivity index (χ0v) is 19.4. The average molecular weight is 420 g/mol. The second kappa shape index (κ2) is 6.51. The smallest absolute Gasteiger partial charge is 0.139 e. The molecule has 0 saturated heterocycles. The Morgan fingerprint density at radius 2 is 1.90 bits per heavy atom. The van der Waals surface area contributed by atoms with E-state index in [0.717, 1.165) is 37.5 Å². The van der Waals surface area contributed by atoms with E-state index in [1.54, 1.807) is 4.88 Å². The maximum absolute atomic E-state index is 12.7. The summed E-state index contributed by atoms with van der Waals surface area (Å²) in [5, 5.41) is 1.22. The molecule has 0 N–H and O–H groups in total. The predicted octanol–water partition coefficient (Wildman–Crippen LogP) is 6.96. The highest BCUT2D eigenvalue weighted by atomic mass is 32.1. The molecule has 30 heavy (non-hydrogen) atoms. The number of aromatic nitrogens is 1. The van der Waals surface area contributed by atoms with Crippen LogP contribution < -0.4 is 0 Å². The molecule has 6 atom stereocenters. The maximum Gasteiger partial charge on any atom is 0.139 e. The minimum absolute atomic E-state index is 0.00693. The van der Waals surface area contributed by atoms with Crippen LogP contribution >= 0.6 is 11.3 Å². The van der Waals surface area contributed by atoms with Crippen LogP contribution in [0.15, 0.2) is 24.3 Å². The number of aryl methyl sites for hydroxylation is 2. The molecule has 0 amide bonds. The van der Waals surface area contributed by atoms with Crippen LogP contribution in [-0.4, -0.2) is 10.8 Å². The second-order valence-corrected chi connectivity index (χ2v) is 12.2. The summed E-state index contributed by atoms with van der Waals surface area (Å²) < 4.78 is 0. The summed E-state index contributed by atoms with van der Waals surface area (Å²) >= 11 is 1.97. The molecule has 3 fully saturated rings. The maximum atomic E-state index is 12.7. The molecule has 2 nitrogen and oxygen atoms in total. The number of ketones is 1. The number of rotatable bonds is 1. The summed E-state index contributed by atoms with van der Waals surface area (Å²) in [7, 11) is 0. The van der Waals surface area contributed by atoms with Crippen LogP contribution in [0.3, 0.4) is 0 Å². The quantitative estimate of drug-likeness (QED) is 0.500. The Bertz CT molecular complexity index is 1020. The van der Waals surface area contributed by atoms with E-state index < -0.39 is 0 Å². The summed E-state index contributed by atoms with van der Waals surface area (Å²) in [4.78, 5) is 19.4. The van der Waals surface area contributed by atoms with Crippen molar-refractivity contribution in [1.29, 1.82) is 0 Å². The molecule has 6 rings (SSSR count). The SMILES string of the molecule is Cc1cccc(-c2nc3c(s2)[C@@H]2CC[C@@H]4[C@H](CC[C@]5(C)C(=O)CC[C@@H]45)[C@@]2(C)CC3)c1. The van der Waals surface area contributed by atoms with Gasteiger partial charge in [-0.05, 0) is 81.1 Å². The van der Waals surface area contributed by atoms with Gasteiger partial charge in [0, 0.05) is 28.2 Å². The van der Waals surface area contributed by atoms with Crippen molar-refractivity contribution in [2.45, 2.75) is 78.1 Å². The number of hydrogen-bond donors (Lipinski definition) is 0. The first kappa shape index (κ1) is 19.2. The van der Waals surface area contributed by atoms with Gasteiger partial charge in [-0.15, -0.1) is 11.3 Å². The monoisotopic (exact) mass is 419 g/mol. The minimum Gasteiger partial charge on any atom is -0.299 e. The van der Waals surface area contributed by atoms with Crippen LogP contribution in [0.5, 0.6) is 0 Å². The lowest BCUT2D eigenvalue weighted by atomic mass is 9.46. The van der Waals surface area contributed by atoms with Gasteiger partial charge < -0.3 is 0 Å². The van der Waals surface area contributed by atoms with Gasteiger partial charge in [0.1, 0.15) is 10.8 Å². The molecule has 0 spiro atoms. The molecule has 4 aliphatic rings. The highest BCUT2D eigenvalue weighted by Gasteiger charge is 2.60. The molecule has 3 saturated carbocycles. The third kappa shape index (κ3) is 2.54. The molecule has 0 unspecified atom stereocenters. The van der Waals surface area contributed by atoms with Crippen molar-refractivity contribution in [2.24, 2.45) is 28.6 Å². The predicted molar refractivity (Wildman–Crippen MR) is 123 cm³/mol. The Kier molecular flexibility index (Phi) is 4.17. The van der Waals surface area contributed by atoms with Crippen molar-refractivity contribution in [2.75, 3.05) is 0 Å². The summed E-state index contributed by atoms with van der Waals surface area (Å²) in [6.07, 6.45) is 9.40. The summed E-state index contributed by atoms with van der Waals surface area (Å²) in [5.74, 6) is 3.43. The largest absolute Gasteiger partial charge is 0.299 e. The van der Waals surface area contributed by atoms with Gasteiger partial charge in [0.05, 0.1) is 5.69 Å². The number of thiazole rings is 1. The van der Waals surface area contributed by atoms with E-state index in [2.05, 4.69) is 45.0 Å². The molecule has 0 aliphatic heterocycles. The Morgan fingerprint density at radius 3 is 2.73 bits per heavy atom. The molecule has 0 radical (unpaired) electrons. The molecule has 4 aliphatic carbocycles. The summed E-state index contributed by atoms with van der Waals surface area (Å²) in [6, 6.07) is 8.81. The standard InChI is InChI=1S/C27H33NOS/c1-16-5-4-6-17(15-16)25-28-22-12-14-26(2)20-11-13-27(3)19(9-10-23(27)29)18(20)7-8-21(26)24(22)30-25/h4-6,15,18-21H,7-14H2,1-3H3/t18-,19-,20-,21-,26+,27-/m0/s1. The van der Waals surface area contributed by atoms with Gasteiger partial charge in [-0.3, -0.25) is 4.79 Å². The van der Waals surface area contributed by atoms with Gasteiger partial charge in [-0.25, -0.2) is 4.98 Å². The lowest BCUT2D eigenvalue weighted by Crippen LogP contribution is -2.52. The van der Waals surface area contributed by atoms with Crippen molar-refractivity contribution in [3.8, 4) is 10.6 Å². The van der Waals surface area contributed by atoms with Crippen LogP contribution in [0.2, 0.25) is 0 Å². The zero-order valence-electron chi connectivity index (χ0n) is 18.5. The van der Waals surface area contributed by atoms with Crippen LogP contribution in [0, 0.1) is 35.5 Å². The Labute approximate surface area is 184 Å². The van der Waals surface area contributed by atoms with Gasteiger partial charge in [0.2, 0.25) is 0 Å². The number of carbonyl (C=O) groups is 1. The van der Waals surface area contributed by atoms with Crippen molar-refractivity contribution in [3.05, 3.63) is 40.4 Å². The normalized spacial score (nSPS) is 39.8. The number of Topliss-reactive ketones (excluding diaryl/α,β-unsaturated/α-hetero) is 1. The van der Waals surface area contributed by atoms with Crippen LogP contribution in [-0.2, 0) is 11.2 Å². The molecule has 1 heterocycles. The first-order chi connectivity index (χ1) is 14.4. The topological polar surface area (TPSA) is 30.0 Å². The summed E-state index contributed by atoms with van der Waals surface area (Å²) in [5.41, 5.74) is 4.35. The van der Waals surface area contributed by atoms with E-state index in [9.17, 15) is 4.79 Å². The number of hydrogen-bond acceptors (Lipinski definition) is 3. The lowest BCUT2D eigenvalue weighted by molar-refractivity contribution is -0.134. The van der Waals surface area contributed by atoms with Gasteiger partial charge in [-0.2, -0.15) is 0 Å². The molecule has 2 aromatic rings. The highest BCUT2D eigenvalue weighted by molar-refractivity contribution is 7.15. The van der Waals surface area contributed by atoms with Crippen LogP contribution in [0.1, 0.15) is 80.8 Å². The van der Waals surface area contributed by atoms with E-state index >= 15 is 0 Å². The molecular formula is C27H33NOS. The molecule has 3 heteroatoms. The molecule has 1 aromatic heterocycles. The van der Waals surface area contributed by atoms with E-state index in [-0.39, 0.29) is 5.41 Å². The number of fused-ring (bicyclic) bond motifs is 7. The van der Waals surface area contributed by atoms with E-state index in [4.69, 9.17) is 4.98 Å². The second-order valence-electron chi connectivity index (χ2n) is 11.1. The van der Waals surface area contributed by atoms with Crippen molar-refractivity contribution >= 4 is 17.1 Å². The third-order valence-electron chi connectivity index (χ3n) is 9.79. The van der Waals surface area contributed by atoms with Crippen LogP contribution in [0.4, 0.5) is 0 Å². The Morgan fingerprint density at radius 1 is 1.03 bits per heavy atom. The van der Waals surface area contributed by atoms with Gasteiger partial charge in [-0.1, -0.05) is 37.6 Å².